The zero-order chi connectivity index (χ0) is 24.0. The number of hydrogen-bond donors (Lipinski definition) is 1. The molecule has 1 unspecified atom stereocenters. The van der Waals surface area contributed by atoms with Crippen LogP contribution in [0.3, 0.4) is 0 Å². The van der Waals surface area contributed by atoms with E-state index in [1.165, 1.54) is 31.4 Å². The van der Waals surface area contributed by atoms with Gasteiger partial charge in [-0.05, 0) is 36.4 Å². The van der Waals surface area contributed by atoms with Gasteiger partial charge in [-0.15, -0.1) is 0 Å². The van der Waals surface area contributed by atoms with Gasteiger partial charge in [-0.3, -0.25) is 14.5 Å². The van der Waals surface area contributed by atoms with Crippen molar-refractivity contribution < 1.29 is 33.0 Å². The summed E-state index contributed by atoms with van der Waals surface area (Å²) in [5.41, 5.74) is 0.559. The number of benzene rings is 2. The van der Waals surface area contributed by atoms with Gasteiger partial charge in [0.05, 0.1) is 26.1 Å². The van der Waals surface area contributed by atoms with Crippen molar-refractivity contribution in [1.29, 1.82) is 0 Å². The van der Waals surface area contributed by atoms with Crippen LogP contribution in [0.5, 0.6) is 11.5 Å². The van der Waals surface area contributed by atoms with E-state index in [9.17, 15) is 14.7 Å². The number of hydrogen-bond acceptors (Lipinski definition) is 7. The Kier molecular flexibility index (Phi) is 5.30. The van der Waals surface area contributed by atoms with Gasteiger partial charge >= 0.3 is 0 Å². The molecule has 2 aromatic heterocycles. The molecule has 5 rings (SSSR count). The summed E-state index contributed by atoms with van der Waals surface area (Å²) in [5.74, 6) is -1.07. The van der Waals surface area contributed by atoms with Gasteiger partial charge in [-0.25, -0.2) is 0 Å². The van der Waals surface area contributed by atoms with Crippen molar-refractivity contribution >= 4 is 39.9 Å². The summed E-state index contributed by atoms with van der Waals surface area (Å²) in [6.07, 6.45) is 1.43. The molecule has 0 radical (unpaired) electrons. The molecule has 0 saturated heterocycles. The number of fused-ring (bicyclic) bond motifs is 1. The predicted octanol–water partition coefficient (Wildman–Crippen LogP) is 5.48. The number of Topliss-reactive ketones (excluding diaryl/α,β-unsaturated/α-hetero) is 1. The number of amides is 1. The van der Waals surface area contributed by atoms with E-state index in [-0.39, 0.29) is 11.3 Å². The van der Waals surface area contributed by atoms with Gasteiger partial charge in [0.25, 0.3) is 5.91 Å². The maximum atomic E-state index is 13.6. The van der Waals surface area contributed by atoms with E-state index in [4.69, 9.17) is 29.9 Å². The monoisotopic (exact) mass is 479 g/mol. The maximum Gasteiger partial charge on any atom is 0.294 e. The molecule has 1 aliphatic rings. The summed E-state index contributed by atoms with van der Waals surface area (Å²) >= 11 is 6.13. The highest BCUT2D eigenvalue weighted by atomic mass is 35.5. The Morgan fingerprint density at radius 3 is 2.62 bits per heavy atom. The van der Waals surface area contributed by atoms with E-state index in [2.05, 4.69) is 0 Å². The number of ketones is 1. The van der Waals surface area contributed by atoms with Crippen LogP contribution in [-0.4, -0.2) is 31.0 Å². The number of aliphatic hydroxyl groups excluding tert-OH is 1. The van der Waals surface area contributed by atoms with Crippen molar-refractivity contribution in [3.8, 4) is 11.5 Å². The minimum atomic E-state index is -1.03. The van der Waals surface area contributed by atoms with Crippen molar-refractivity contribution in [1.82, 2.24) is 0 Å². The molecular weight excluding hydrogens is 462 g/mol. The number of rotatable bonds is 6. The lowest BCUT2D eigenvalue weighted by Gasteiger charge is -2.25. The van der Waals surface area contributed by atoms with Gasteiger partial charge in [0.1, 0.15) is 17.6 Å². The molecule has 0 aliphatic carbocycles. The van der Waals surface area contributed by atoms with Crippen LogP contribution in [0.2, 0.25) is 5.02 Å². The average molecular weight is 480 g/mol. The van der Waals surface area contributed by atoms with E-state index in [0.29, 0.717) is 38.9 Å². The molecule has 172 valence electrons. The van der Waals surface area contributed by atoms with Crippen LogP contribution in [0.25, 0.3) is 11.0 Å². The smallest absolute Gasteiger partial charge is 0.294 e. The summed E-state index contributed by atoms with van der Waals surface area (Å²) in [6, 6.07) is 13.6. The first-order valence-electron chi connectivity index (χ1n) is 10.2. The second kappa shape index (κ2) is 8.31. The molecule has 1 N–H and O–H groups in total. The second-order valence-corrected chi connectivity index (χ2v) is 7.96. The van der Waals surface area contributed by atoms with Crippen LogP contribution in [-0.2, 0) is 4.79 Å². The number of carbonyl (C=O) groups excluding carboxylic acids is 2. The Morgan fingerprint density at radius 2 is 1.91 bits per heavy atom. The van der Waals surface area contributed by atoms with E-state index in [1.807, 2.05) is 0 Å². The largest absolute Gasteiger partial charge is 0.503 e. The highest BCUT2D eigenvalue weighted by molar-refractivity contribution is 6.31. The minimum absolute atomic E-state index is 0.0889. The highest BCUT2D eigenvalue weighted by Gasteiger charge is 2.47. The first kappa shape index (κ1) is 21.7. The first-order chi connectivity index (χ1) is 16.4. The Bertz CT molecular complexity index is 1450. The van der Waals surface area contributed by atoms with Crippen molar-refractivity contribution in [2.45, 2.75) is 6.04 Å². The normalized spacial score (nSPS) is 15.9. The average Bonchev–Trinajstić information content (AvgIpc) is 3.57. The second-order valence-electron chi connectivity index (χ2n) is 7.52. The Morgan fingerprint density at radius 1 is 1.09 bits per heavy atom. The summed E-state index contributed by atoms with van der Waals surface area (Å²) in [4.78, 5) is 28.1. The van der Waals surface area contributed by atoms with Crippen molar-refractivity contribution in [2.24, 2.45) is 0 Å². The molecular formula is C25H18ClNO7. The Hall–Kier alpha value is -4.17. The lowest BCUT2D eigenvalue weighted by Crippen LogP contribution is -2.30. The summed E-state index contributed by atoms with van der Waals surface area (Å²) in [5, 5.41) is 11.8. The molecule has 4 aromatic rings. The van der Waals surface area contributed by atoms with Crippen LogP contribution in [0.4, 0.5) is 5.69 Å². The van der Waals surface area contributed by atoms with Crippen molar-refractivity contribution in [2.75, 3.05) is 19.1 Å². The summed E-state index contributed by atoms with van der Waals surface area (Å²) in [6.45, 7) is 0. The molecule has 1 amide bonds. The molecule has 0 fully saturated rings. The quantitative estimate of drug-likeness (QED) is 0.365. The summed E-state index contributed by atoms with van der Waals surface area (Å²) in [7, 11) is 2.96. The highest BCUT2D eigenvalue weighted by Crippen LogP contribution is 2.43. The standard InChI is InChI=1S/C25H18ClNO7/c1-31-16-6-3-5-15(12-16)27-21(17-7-4-8-33-17)20(23(29)25(27)30)22(28)18-10-13-9-14(26)11-19(32-2)24(13)34-18/h3-12,21,29H,1-2H3. The third-order valence-corrected chi connectivity index (χ3v) is 5.81. The van der Waals surface area contributed by atoms with Crippen molar-refractivity contribution in [3.05, 3.63) is 88.7 Å². The molecule has 0 spiro atoms. The zero-order valence-electron chi connectivity index (χ0n) is 18.1. The van der Waals surface area contributed by atoms with Crippen molar-refractivity contribution in [3.63, 3.8) is 0 Å². The molecule has 0 saturated carbocycles. The predicted molar refractivity (Wildman–Crippen MR) is 124 cm³/mol. The number of nitrogens with zero attached hydrogens (tertiary/aromatic N) is 1. The van der Waals surface area contributed by atoms with Crippen LogP contribution < -0.4 is 14.4 Å². The molecule has 2 aromatic carbocycles. The molecule has 8 nitrogen and oxygen atoms in total. The van der Waals surface area contributed by atoms with E-state index in [1.54, 1.807) is 48.5 Å². The van der Waals surface area contributed by atoms with Crippen LogP contribution in [0, 0.1) is 0 Å². The Labute approximate surface area is 198 Å². The number of methoxy groups -OCH3 is 2. The molecule has 9 heteroatoms. The number of halogens is 1. The number of carbonyl (C=O) groups is 2. The van der Waals surface area contributed by atoms with E-state index >= 15 is 0 Å². The van der Waals surface area contributed by atoms with Crippen LogP contribution >= 0.6 is 11.6 Å². The summed E-state index contributed by atoms with van der Waals surface area (Å²) < 4.78 is 21.9. The third-order valence-electron chi connectivity index (χ3n) is 5.59. The zero-order valence-corrected chi connectivity index (χ0v) is 18.8. The Balaban J connectivity index is 1.64. The number of anilines is 1. The van der Waals surface area contributed by atoms with Gasteiger partial charge < -0.3 is 23.4 Å². The molecule has 3 heterocycles. The first-order valence-corrected chi connectivity index (χ1v) is 10.6. The molecule has 1 aliphatic heterocycles. The van der Waals surface area contributed by atoms with Gasteiger partial charge in [-0.2, -0.15) is 0 Å². The fourth-order valence-corrected chi connectivity index (χ4v) is 4.28. The van der Waals surface area contributed by atoms with Gasteiger partial charge in [-0.1, -0.05) is 17.7 Å². The van der Waals surface area contributed by atoms with Crippen LogP contribution in [0.15, 0.2) is 81.0 Å². The molecule has 34 heavy (non-hydrogen) atoms. The van der Waals surface area contributed by atoms with Crippen LogP contribution in [0.1, 0.15) is 22.4 Å². The number of aliphatic hydroxyl groups is 1. The van der Waals surface area contributed by atoms with Gasteiger partial charge in [0.15, 0.2) is 22.9 Å². The molecule has 0 bridgehead atoms. The topological polar surface area (TPSA) is 102 Å². The fraction of sp³-hybridized carbons (Fsp3) is 0.120. The van der Waals surface area contributed by atoms with Gasteiger partial charge in [0.2, 0.25) is 5.78 Å². The van der Waals surface area contributed by atoms with Gasteiger partial charge in [0, 0.05) is 28.2 Å². The minimum Gasteiger partial charge on any atom is -0.503 e. The third kappa shape index (κ3) is 3.39. The molecule has 1 atom stereocenters. The number of furan rings is 2. The van der Waals surface area contributed by atoms with E-state index < -0.39 is 23.5 Å². The lowest BCUT2D eigenvalue weighted by atomic mass is 9.99. The fourth-order valence-electron chi connectivity index (χ4n) is 4.06. The SMILES string of the molecule is COc1cccc(N2C(=O)C(O)=C(C(=O)c3cc4cc(Cl)cc(OC)c4o3)C2c2ccco2)c1. The maximum absolute atomic E-state index is 13.6. The number of ether oxygens (including phenoxy) is 2. The van der Waals surface area contributed by atoms with E-state index in [0.717, 1.165) is 0 Å². The lowest BCUT2D eigenvalue weighted by molar-refractivity contribution is -0.117.